The highest BCUT2D eigenvalue weighted by Crippen LogP contribution is 2.26. The van der Waals surface area contributed by atoms with Gasteiger partial charge in [0.25, 0.3) is 0 Å². The zero-order chi connectivity index (χ0) is 22.6. The van der Waals surface area contributed by atoms with E-state index in [-0.39, 0.29) is 11.8 Å². The quantitative estimate of drug-likeness (QED) is 0.545. The van der Waals surface area contributed by atoms with E-state index in [9.17, 15) is 13.2 Å². The third-order valence-electron chi connectivity index (χ3n) is 6.12. The normalized spacial score (nSPS) is 15.7. The number of H-pyrrole nitrogens is 1. The van der Waals surface area contributed by atoms with Gasteiger partial charge in [-0.05, 0) is 61.1 Å². The second-order valence-electron chi connectivity index (χ2n) is 8.19. The SMILES string of the molecule is COc1ccc2[nH]cc(CCNC(=O)CC3CCN(S(=O)(=O)c4ccccc4)CC3)c2c1. The summed E-state index contributed by atoms with van der Waals surface area (Å²) < 4.78 is 32.3. The maximum atomic E-state index is 12.7. The van der Waals surface area contributed by atoms with E-state index < -0.39 is 10.0 Å². The maximum absolute atomic E-state index is 12.7. The number of aromatic nitrogens is 1. The van der Waals surface area contributed by atoms with Gasteiger partial charge in [0.15, 0.2) is 0 Å². The van der Waals surface area contributed by atoms with E-state index in [0.29, 0.717) is 43.8 Å². The fourth-order valence-corrected chi connectivity index (χ4v) is 5.75. The summed E-state index contributed by atoms with van der Waals surface area (Å²) in [4.78, 5) is 16.0. The number of piperidine rings is 1. The van der Waals surface area contributed by atoms with Gasteiger partial charge in [-0.3, -0.25) is 4.79 Å². The first-order valence-electron chi connectivity index (χ1n) is 10.9. The van der Waals surface area contributed by atoms with Gasteiger partial charge in [-0.25, -0.2) is 8.42 Å². The number of fused-ring (bicyclic) bond motifs is 1. The van der Waals surface area contributed by atoms with Crippen molar-refractivity contribution < 1.29 is 17.9 Å². The van der Waals surface area contributed by atoms with Gasteiger partial charge >= 0.3 is 0 Å². The summed E-state index contributed by atoms with van der Waals surface area (Å²) >= 11 is 0. The molecular weight excluding hydrogens is 426 g/mol. The molecule has 0 atom stereocenters. The third-order valence-corrected chi connectivity index (χ3v) is 8.03. The number of hydrogen-bond donors (Lipinski definition) is 2. The number of rotatable bonds is 8. The van der Waals surface area contributed by atoms with Crippen molar-refractivity contribution in [1.29, 1.82) is 0 Å². The zero-order valence-electron chi connectivity index (χ0n) is 18.2. The summed E-state index contributed by atoms with van der Waals surface area (Å²) in [5.41, 5.74) is 2.18. The summed E-state index contributed by atoms with van der Waals surface area (Å²) in [7, 11) is -1.81. The Kier molecular flexibility index (Phi) is 6.81. The van der Waals surface area contributed by atoms with Crippen molar-refractivity contribution in [1.82, 2.24) is 14.6 Å². The number of ether oxygens (including phenoxy) is 1. The topological polar surface area (TPSA) is 91.5 Å². The molecule has 0 aliphatic carbocycles. The smallest absolute Gasteiger partial charge is 0.243 e. The highest BCUT2D eigenvalue weighted by atomic mass is 32.2. The number of hydrogen-bond acceptors (Lipinski definition) is 4. The van der Waals surface area contributed by atoms with E-state index in [1.807, 2.05) is 24.4 Å². The van der Waals surface area contributed by atoms with E-state index in [1.165, 1.54) is 4.31 Å². The number of nitrogens with one attached hydrogen (secondary N) is 2. The fourth-order valence-electron chi connectivity index (χ4n) is 4.26. The molecule has 1 aliphatic heterocycles. The third kappa shape index (κ3) is 4.97. The number of benzene rings is 2. The average Bonchev–Trinajstić information content (AvgIpc) is 3.22. The number of nitrogens with zero attached hydrogens (tertiary/aromatic N) is 1. The van der Waals surface area contributed by atoms with Crippen LogP contribution in [0.1, 0.15) is 24.8 Å². The van der Waals surface area contributed by atoms with Crippen LogP contribution in [0.3, 0.4) is 0 Å². The van der Waals surface area contributed by atoms with Crippen LogP contribution in [0.25, 0.3) is 10.9 Å². The van der Waals surface area contributed by atoms with Gasteiger partial charge in [-0.15, -0.1) is 0 Å². The minimum atomic E-state index is -3.46. The molecule has 8 heteroatoms. The largest absolute Gasteiger partial charge is 0.497 e. The Labute approximate surface area is 188 Å². The van der Waals surface area contributed by atoms with Crippen LogP contribution in [0.2, 0.25) is 0 Å². The van der Waals surface area contributed by atoms with E-state index in [2.05, 4.69) is 10.3 Å². The molecule has 2 aromatic carbocycles. The number of sulfonamides is 1. The lowest BCUT2D eigenvalue weighted by Gasteiger charge is -2.31. The molecular formula is C24H29N3O4S. The molecule has 2 N–H and O–H groups in total. The van der Waals surface area contributed by atoms with E-state index in [4.69, 9.17) is 4.74 Å². The molecule has 0 spiro atoms. The summed E-state index contributed by atoms with van der Waals surface area (Å²) in [6.45, 7) is 1.46. The molecule has 3 aromatic rings. The minimum Gasteiger partial charge on any atom is -0.497 e. The van der Waals surface area contributed by atoms with Gasteiger partial charge in [0.05, 0.1) is 12.0 Å². The van der Waals surface area contributed by atoms with Crippen molar-refractivity contribution in [2.45, 2.75) is 30.6 Å². The van der Waals surface area contributed by atoms with Crippen molar-refractivity contribution in [2.24, 2.45) is 5.92 Å². The van der Waals surface area contributed by atoms with Crippen LogP contribution >= 0.6 is 0 Å². The Morgan fingerprint density at radius 2 is 1.91 bits per heavy atom. The average molecular weight is 456 g/mol. The van der Waals surface area contributed by atoms with Crippen LogP contribution in [0, 0.1) is 5.92 Å². The molecule has 0 radical (unpaired) electrons. The number of carbonyl (C=O) groups excluding carboxylic acids is 1. The second kappa shape index (κ2) is 9.75. The van der Waals surface area contributed by atoms with Gasteiger partial charge in [-0.2, -0.15) is 4.31 Å². The standard InChI is InChI=1S/C24H29N3O4S/c1-31-20-7-8-23-22(16-20)19(17-26-23)9-12-25-24(28)15-18-10-13-27(14-11-18)32(29,30)21-5-3-2-4-6-21/h2-8,16-18,26H,9-15H2,1H3,(H,25,28). The molecule has 4 rings (SSSR count). The predicted molar refractivity (Wildman–Crippen MR) is 124 cm³/mol. The van der Waals surface area contributed by atoms with Crippen LogP contribution in [-0.4, -0.2) is 50.4 Å². The predicted octanol–water partition coefficient (Wildman–Crippen LogP) is 3.33. The molecule has 1 amide bonds. The van der Waals surface area contributed by atoms with Crippen molar-refractivity contribution in [2.75, 3.05) is 26.7 Å². The fraction of sp³-hybridized carbons (Fsp3) is 0.375. The Morgan fingerprint density at radius 3 is 2.62 bits per heavy atom. The molecule has 7 nitrogen and oxygen atoms in total. The number of aromatic amines is 1. The lowest BCUT2D eigenvalue weighted by Crippen LogP contribution is -2.39. The summed E-state index contributed by atoms with van der Waals surface area (Å²) in [6.07, 6.45) is 4.52. The minimum absolute atomic E-state index is 0.0202. The number of carbonyl (C=O) groups is 1. The summed E-state index contributed by atoms with van der Waals surface area (Å²) in [6, 6.07) is 14.4. The second-order valence-corrected chi connectivity index (χ2v) is 10.1. The van der Waals surface area contributed by atoms with Gasteiger partial charge < -0.3 is 15.0 Å². The van der Waals surface area contributed by atoms with Crippen LogP contribution in [0.5, 0.6) is 5.75 Å². The molecule has 1 aliphatic rings. The first kappa shape index (κ1) is 22.4. The molecule has 170 valence electrons. The van der Waals surface area contributed by atoms with Crippen molar-refractivity contribution in [3.05, 3.63) is 60.3 Å². The highest BCUT2D eigenvalue weighted by molar-refractivity contribution is 7.89. The van der Waals surface area contributed by atoms with Crippen LogP contribution in [0.15, 0.2) is 59.6 Å². The van der Waals surface area contributed by atoms with Gasteiger partial charge in [-0.1, -0.05) is 18.2 Å². The Hall–Kier alpha value is -2.84. The van der Waals surface area contributed by atoms with E-state index in [1.54, 1.807) is 37.4 Å². The Balaban J connectivity index is 1.24. The Morgan fingerprint density at radius 1 is 1.16 bits per heavy atom. The number of methoxy groups -OCH3 is 1. The summed E-state index contributed by atoms with van der Waals surface area (Å²) in [5, 5.41) is 4.12. The molecule has 32 heavy (non-hydrogen) atoms. The molecule has 1 fully saturated rings. The molecule has 2 heterocycles. The summed E-state index contributed by atoms with van der Waals surface area (Å²) in [5.74, 6) is 1.03. The molecule has 1 saturated heterocycles. The maximum Gasteiger partial charge on any atom is 0.243 e. The van der Waals surface area contributed by atoms with Gasteiger partial charge in [0, 0.05) is 43.2 Å². The van der Waals surface area contributed by atoms with Crippen molar-refractivity contribution in [3.8, 4) is 5.75 Å². The van der Waals surface area contributed by atoms with Crippen molar-refractivity contribution in [3.63, 3.8) is 0 Å². The first-order valence-corrected chi connectivity index (χ1v) is 12.4. The molecule has 0 saturated carbocycles. The van der Waals surface area contributed by atoms with E-state index >= 15 is 0 Å². The van der Waals surface area contributed by atoms with Crippen LogP contribution < -0.4 is 10.1 Å². The molecule has 0 unspecified atom stereocenters. The monoisotopic (exact) mass is 455 g/mol. The Bertz CT molecular complexity index is 1170. The lowest BCUT2D eigenvalue weighted by atomic mass is 9.94. The van der Waals surface area contributed by atoms with Crippen LogP contribution in [-0.2, 0) is 21.2 Å². The molecule has 0 bridgehead atoms. The van der Waals surface area contributed by atoms with Gasteiger partial charge in [0.2, 0.25) is 15.9 Å². The van der Waals surface area contributed by atoms with Crippen LogP contribution in [0.4, 0.5) is 0 Å². The number of amides is 1. The van der Waals surface area contributed by atoms with Gasteiger partial charge in [0.1, 0.15) is 5.75 Å². The molecule has 1 aromatic heterocycles. The lowest BCUT2D eigenvalue weighted by molar-refractivity contribution is -0.122. The van der Waals surface area contributed by atoms with Crippen molar-refractivity contribution >= 4 is 26.8 Å². The first-order chi connectivity index (χ1) is 15.5. The van der Waals surface area contributed by atoms with E-state index in [0.717, 1.165) is 28.6 Å². The zero-order valence-corrected chi connectivity index (χ0v) is 19.0. The highest BCUT2D eigenvalue weighted by Gasteiger charge is 2.29.